The van der Waals surface area contributed by atoms with Gasteiger partial charge in [-0.3, -0.25) is 10.1 Å². The van der Waals surface area contributed by atoms with Gasteiger partial charge in [-0.15, -0.1) is 11.3 Å². The minimum Gasteiger partial charge on any atom is -0.493 e. The Kier molecular flexibility index (Phi) is 6.00. The van der Waals surface area contributed by atoms with Crippen LogP contribution in [0.15, 0.2) is 47.9 Å². The van der Waals surface area contributed by atoms with Crippen molar-refractivity contribution in [3.63, 3.8) is 0 Å². The van der Waals surface area contributed by atoms with Crippen molar-refractivity contribution in [2.45, 2.75) is 0 Å². The molecule has 0 aliphatic rings. The summed E-state index contributed by atoms with van der Waals surface area (Å²) in [6.45, 7) is 0. The minimum absolute atomic E-state index is 0.166. The van der Waals surface area contributed by atoms with Gasteiger partial charge in [0.25, 0.3) is 0 Å². The molecule has 0 bridgehead atoms. The zero-order chi connectivity index (χ0) is 20.1. The number of carbonyl (C=O) groups is 1. The predicted molar refractivity (Wildman–Crippen MR) is 105 cm³/mol. The number of methoxy groups -OCH3 is 2. The van der Waals surface area contributed by atoms with Crippen LogP contribution >= 0.6 is 11.3 Å². The second kappa shape index (κ2) is 8.62. The highest BCUT2D eigenvalue weighted by molar-refractivity contribution is 7.14. The van der Waals surface area contributed by atoms with Gasteiger partial charge in [0.05, 0.1) is 19.9 Å². The highest BCUT2D eigenvalue weighted by Gasteiger charge is 2.11. The van der Waals surface area contributed by atoms with Crippen LogP contribution in [0, 0.1) is 11.6 Å². The molecule has 0 aliphatic carbocycles. The van der Waals surface area contributed by atoms with Crippen LogP contribution in [0.2, 0.25) is 0 Å². The van der Waals surface area contributed by atoms with E-state index in [2.05, 4.69) is 10.3 Å². The molecule has 144 valence electrons. The van der Waals surface area contributed by atoms with Crippen molar-refractivity contribution < 1.29 is 23.0 Å². The molecule has 1 aromatic heterocycles. The zero-order valence-electron chi connectivity index (χ0n) is 15.0. The van der Waals surface area contributed by atoms with Crippen LogP contribution < -0.4 is 14.8 Å². The first-order valence-corrected chi connectivity index (χ1v) is 9.00. The summed E-state index contributed by atoms with van der Waals surface area (Å²) < 4.78 is 37.2. The van der Waals surface area contributed by atoms with Gasteiger partial charge < -0.3 is 9.47 Å². The van der Waals surface area contributed by atoms with Gasteiger partial charge in [0, 0.05) is 23.1 Å². The number of ether oxygens (including phenoxy) is 2. The molecular formula is C20H16F2N2O3S. The van der Waals surface area contributed by atoms with E-state index >= 15 is 0 Å². The van der Waals surface area contributed by atoms with E-state index in [9.17, 15) is 13.6 Å². The third kappa shape index (κ3) is 4.52. The number of hydrogen-bond acceptors (Lipinski definition) is 5. The number of rotatable bonds is 6. The normalized spacial score (nSPS) is 10.9. The second-order valence-corrected chi connectivity index (χ2v) is 6.46. The maximum atomic E-state index is 13.8. The lowest BCUT2D eigenvalue weighted by molar-refractivity contribution is -0.111. The van der Waals surface area contributed by atoms with Crippen LogP contribution in [0.1, 0.15) is 5.56 Å². The van der Waals surface area contributed by atoms with E-state index in [1.54, 1.807) is 36.8 Å². The lowest BCUT2D eigenvalue weighted by Crippen LogP contribution is -2.07. The van der Waals surface area contributed by atoms with Gasteiger partial charge in [0.15, 0.2) is 16.6 Å². The van der Waals surface area contributed by atoms with Crippen molar-refractivity contribution in [1.82, 2.24) is 4.98 Å². The van der Waals surface area contributed by atoms with Gasteiger partial charge in [0.1, 0.15) is 11.6 Å². The van der Waals surface area contributed by atoms with Crippen LogP contribution in [-0.4, -0.2) is 25.1 Å². The number of carbonyl (C=O) groups excluding carboxylic acids is 1. The van der Waals surface area contributed by atoms with E-state index in [-0.39, 0.29) is 5.56 Å². The fourth-order valence-electron chi connectivity index (χ4n) is 2.43. The Labute approximate surface area is 164 Å². The lowest BCUT2D eigenvalue weighted by atomic mass is 10.1. The molecule has 0 saturated carbocycles. The number of hydrogen-bond donors (Lipinski definition) is 1. The lowest BCUT2D eigenvalue weighted by Gasteiger charge is -2.07. The van der Waals surface area contributed by atoms with Crippen molar-refractivity contribution in [2.75, 3.05) is 19.5 Å². The number of halogens is 2. The number of nitrogens with zero attached hydrogens (tertiary/aromatic N) is 1. The predicted octanol–water partition coefficient (Wildman–Crippen LogP) is 4.76. The Bertz CT molecular complexity index is 1030. The minimum atomic E-state index is -0.712. The van der Waals surface area contributed by atoms with Gasteiger partial charge in [-0.05, 0) is 35.9 Å². The first-order chi connectivity index (χ1) is 13.5. The molecule has 8 heteroatoms. The fourth-order valence-corrected chi connectivity index (χ4v) is 3.14. The highest BCUT2D eigenvalue weighted by Crippen LogP contribution is 2.29. The van der Waals surface area contributed by atoms with Crippen LogP contribution in [-0.2, 0) is 4.79 Å². The molecule has 2 aromatic carbocycles. The summed E-state index contributed by atoms with van der Waals surface area (Å²) in [4.78, 5) is 16.3. The number of aromatic nitrogens is 1. The molecule has 1 amide bonds. The van der Waals surface area contributed by atoms with E-state index in [1.165, 1.54) is 19.3 Å². The first kappa shape index (κ1) is 19.5. The molecule has 1 heterocycles. The molecule has 3 rings (SSSR count). The molecule has 0 unspecified atom stereocenters. The van der Waals surface area contributed by atoms with Gasteiger partial charge >= 0.3 is 0 Å². The summed E-state index contributed by atoms with van der Waals surface area (Å²) >= 11 is 1.14. The molecule has 0 radical (unpaired) electrons. The summed E-state index contributed by atoms with van der Waals surface area (Å²) in [5.74, 6) is -0.625. The van der Waals surface area contributed by atoms with Crippen molar-refractivity contribution in [1.29, 1.82) is 0 Å². The summed E-state index contributed by atoms with van der Waals surface area (Å²) in [6.07, 6.45) is 2.96. The number of thiazole rings is 1. The van der Waals surface area contributed by atoms with E-state index in [0.717, 1.165) is 29.0 Å². The topological polar surface area (TPSA) is 60.5 Å². The Morgan fingerprint density at radius 1 is 1.11 bits per heavy atom. The summed E-state index contributed by atoms with van der Waals surface area (Å²) in [6, 6.07) is 8.51. The molecule has 0 fully saturated rings. The Morgan fingerprint density at radius 3 is 2.61 bits per heavy atom. The zero-order valence-corrected chi connectivity index (χ0v) is 15.8. The van der Waals surface area contributed by atoms with Crippen LogP contribution in [0.25, 0.3) is 17.3 Å². The maximum Gasteiger partial charge on any atom is 0.250 e. The van der Waals surface area contributed by atoms with E-state index < -0.39 is 17.5 Å². The molecule has 0 spiro atoms. The van der Waals surface area contributed by atoms with Crippen molar-refractivity contribution in [3.8, 4) is 22.8 Å². The molecule has 0 atom stereocenters. The average molecular weight is 402 g/mol. The Morgan fingerprint density at radius 2 is 1.89 bits per heavy atom. The summed E-state index contributed by atoms with van der Waals surface area (Å²) in [5.41, 5.74) is 1.24. The first-order valence-electron chi connectivity index (χ1n) is 8.12. The van der Waals surface area contributed by atoms with Gasteiger partial charge in [0.2, 0.25) is 5.91 Å². The molecule has 3 aromatic rings. The third-order valence-corrected chi connectivity index (χ3v) is 4.53. The van der Waals surface area contributed by atoms with Crippen LogP contribution in [0.3, 0.4) is 0 Å². The van der Waals surface area contributed by atoms with E-state index in [0.29, 0.717) is 22.3 Å². The average Bonchev–Trinajstić information content (AvgIpc) is 3.14. The summed E-state index contributed by atoms with van der Waals surface area (Å²) in [7, 11) is 3.07. The van der Waals surface area contributed by atoms with Crippen LogP contribution in [0.4, 0.5) is 13.9 Å². The highest BCUT2D eigenvalue weighted by atomic mass is 32.1. The molecular weight excluding hydrogens is 386 g/mol. The van der Waals surface area contributed by atoms with Crippen molar-refractivity contribution >= 4 is 28.5 Å². The Balaban J connectivity index is 1.69. The molecule has 1 N–H and O–H groups in total. The van der Waals surface area contributed by atoms with Gasteiger partial charge in [-0.1, -0.05) is 6.07 Å². The Hall–Kier alpha value is -3.26. The molecule has 28 heavy (non-hydrogen) atoms. The molecule has 0 saturated heterocycles. The third-order valence-electron chi connectivity index (χ3n) is 3.78. The SMILES string of the molecule is COc1ccc(/C=C\C(=O)Nc2nc(-c3ccc(F)cc3F)cs2)cc1OC. The van der Waals surface area contributed by atoms with Crippen molar-refractivity contribution in [3.05, 3.63) is 65.1 Å². The van der Waals surface area contributed by atoms with Gasteiger partial charge in [-0.25, -0.2) is 13.8 Å². The number of nitrogens with one attached hydrogen (secondary N) is 1. The molecule has 0 aliphatic heterocycles. The van der Waals surface area contributed by atoms with E-state index in [1.807, 2.05) is 0 Å². The number of benzene rings is 2. The number of anilines is 1. The number of amides is 1. The van der Waals surface area contributed by atoms with E-state index in [4.69, 9.17) is 9.47 Å². The largest absolute Gasteiger partial charge is 0.493 e. The van der Waals surface area contributed by atoms with Gasteiger partial charge in [-0.2, -0.15) is 0 Å². The smallest absolute Gasteiger partial charge is 0.250 e. The van der Waals surface area contributed by atoms with Crippen molar-refractivity contribution in [2.24, 2.45) is 0 Å². The monoisotopic (exact) mass is 402 g/mol. The van der Waals surface area contributed by atoms with Crippen LogP contribution in [0.5, 0.6) is 11.5 Å². The maximum absolute atomic E-state index is 13.8. The molecule has 5 nitrogen and oxygen atoms in total. The fraction of sp³-hybridized carbons (Fsp3) is 0.100. The summed E-state index contributed by atoms with van der Waals surface area (Å²) in [5, 5.41) is 4.51. The second-order valence-electron chi connectivity index (χ2n) is 5.60. The quantitative estimate of drug-likeness (QED) is 0.604. The standard InChI is InChI=1S/C20H16F2N2O3S/c1-26-17-7-3-12(9-18(17)27-2)4-8-19(25)24-20-23-16(11-28-20)14-6-5-13(21)10-15(14)22/h3-11H,1-2H3,(H,23,24,25)/b8-4-.